The van der Waals surface area contributed by atoms with Crippen LogP contribution in [0.4, 0.5) is 5.82 Å². The van der Waals surface area contributed by atoms with E-state index in [1.807, 2.05) is 26.0 Å². The van der Waals surface area contributed by atoms with Gasteiger partial charge in [-0.25, -0.2) is 14.4 Å². The first-order chi connectivity index (χ1) is 17.2. The lowest BCUT2D eigenvalue weighted by Gasteiger charge is -2.29. The highest BCUT2D eigenvalue weighted by Crippen LogP contribution is 2.48. The highest BCUT2D eigenvalue weighted by atomic mass is 35.5. The van der Waals surface area contributed by atoms with Crippen molar-refractivity contribution in [1.82, 2.24) is 10.2 Å². The predicted molar refractivity (Wildman–Crippen MR) is 132 cm³/mol. The molecule has 2 aliphatic heterocycles. The molecule has 0 saturated heterocycles. The Hall–Kier alpha value is -3.79. The number of esters is 1. The molecule has 192 valence electrons. The first kappa shape index (κ1) is 26.8. The molecule has 1 aromatic heterocycles. The average molecular weight is 518 g/mol. The summed E-state index contributed by atoms with van der Waals surface area (Å²) in [7, 11) is 0. The number of benzene rings is 1. The smallest absolute Gasteiger partial charge is 0.336 e. The van der Waals surface area contributed by atoms with E-state index in [9.17, 15) is 14.4 Å². The molecular formula is C25H28ClN3O7. The van der Waals surface area contributed by atoms with Crippen molar-refractivity contribution in [3.05, 3.63) is 63.5 Å². The van der Waals surface area contributed by atoms with Gasteiger partial charge in [0.1, 0.15) is 17.7 Å². The standard InChI is InChI=1S/C21H24ClN3O3.C4H4O4/c1-4-6-16-18(21(26)27-5-2)17(15-10-23-25-20(15)24-16)14-9-13(22)8-12-7-11(3)28-19(12)14;5-3(6)1-2-4(7)8/h8-11,17H,4-7H2,1-3H3,(H2,23,24,25);1-2H,(H,5,6)(H,7,8). The molecule has 2 aromatic rings. The Bertz CT molecular complexity index is 1200. The quantitative estimate of drug-likeness (QED) is 0.311. The molecular weight excluding hydrogens is 490 g/mol. The number of carbonyl (C=O) groups is 3. The summed E-state index contributed by atoms with van der Waals surface area (Å²) >= 11 is 6.46. The van der Waals surface area contributed by atoms with Crippen LogP contribution in [0.1, 0.15) is 56.2 Å². The highest BCUT2D eigenvalue weighted by molar-refractivity contribution is 6.30. The minimum Gasteiger partial charge on any atom is -0.490 e. The molecule has 0 bridgehead atoms. The number of H-pyrrole nitrogens is 1. The second-order valence-corrected chi connectivity index (χ2v) is 8.68. The fraction of sp³-hybridized carbons (Fsp3) is 0.360. The normalized spacial score (nSPS) is 17.9. The van der Waals surface area contributed by atoms with E-state index < -0.39 is 11.9 Å². The lowest BCUT2D eigenvalue weighted by Crippen LogP contribution is -2.25. The third kappa shape index (κ3) is 6.06. The maximum absolute atomic E-state index is 13.0. The summed E-state index contributed by atoms with van der Waals surface area (Å²) in [6.07, 6.45) is 5.35. The minimum atomic E-state index is -1.26. The lowest BCUT2D eigenvalue weighted by molar-refractivity contribution is -0.139. The molecule has 4 rings (SSSR count). The van der Waals surface area contributed by atoms with E-state index in [1.165, 1.54) is 0 Å². The Labute approximate surface area is 212 Å². The van der Waals surface area contributed by atoms with Gasteiger partial charge in [-0.1, -0.05) is 24.9 Å². The molecule has 2 aliphatic rings. The van der Waals surface area contributed by atoms with Crippen LogP contribution in [0.25, 0.3) is 0 Å². The summed E-state index contributed by atoms with van der Waals surface area (Å²) in [5.41, 5.74) is 4.29. The van der Waals surface area contributed by atoms with Gasteiger partial charge < -0.3 is 25.0 Å². The van der Waals surface area contributed by atoms with Gasteiger partial charge in [-0.3, -0.25) is 5.10 Å². The van der Waals surface area contributed by atoms with Gasteiger partial charge in [-0.15, -0.1) is 0 Å². The summed E-state index contributed by atoms with van der Waals surface area (Å²) in [5.74, 6) is -1.59. The molecule has 4 N–H and O–H groups in total. The van der Waals surface area contributed by atoms with Crippen molar-refractivity contribution in [1.29, 1.82) is 0 Å². The van der Waals surface area contributed by atoms with E-state index >= 15 is 0 Å². The fourth-order valence-electron chi connectivity index (χ4n) is 4.26. The Morgan fingerprint density at radius 2 is 1.89 bits per heavy atom. The highest BCUT2D eigenvalue weighted by Gasteiger charge is 2.38. The number of anilines is 1. The number of halogens is 1. The molecule has 10 nitrogen and oxygen atoms in total. The van der Waals surface area contributed by atoms with E-state index in [4.69, 9.17) is 31.3 Å². The van der Waals surface area contributed by atoms with Crippen LogP contribution in [0.3, 0.4) is 0 Å². The van der Waals surface area contributed by atoms with Gasteiger partial charge in [-0.2, -0.15) is 5.10 Å². The van der Waals surface area contributed by atoms with Crippen molar-refractivity contribution in [2.75, 3.05) is 11.9 Å². The monoisotopic (exact) mass is 517 g/mol. The SMILES string of the molecule is CCCC1=C(C(=O)OCC)C(c2cc(Cl)cc3c2OC(C)C3)c2cn[nH]c2N1.O=C(O)C=CC(=O)O. The number of carbonyl (C=O) groups excluding carboxylic acids is 1. The Morgan fingerprint density at radius 3 is 2.50 bits per heavy atom. The largest absolute Gasteiger partial charge is 0.490 e. The van der Waals surface area contributed by atoms with Gasteiger partial charge in [0.05, 0.1) is 24.3 Å². The summed E-state index contributed by atoms with van der Waals surface area (Å²) in [6.45, 7) is 6.24. The number of aliphatic carboxylic acids is 2. The van der Waals surface area contributed by atoms with Crippen LogP contribution in [0.5, 0.6) is 5.75 Å². The number of fused-ring (bicyclic) bond motifs is 2. The average Bonchev–Trinajstić information content (AvgIpc) is 3.42. The number of nitrogens with zero attached hydrogens (tertiary/aromatic N) is 1. The second-order valence-electron chi connectivity index (χ2n) is 8.25. The third-order valence-corrected chi connectivity index (χ3v) is 5.75. The first-order valence-electron chi connectivity index (χ1n) is 11.5. The van der Waals surface area contributed by atoms with Crippen LogP contribution in [0.15, 0.2) is 41.8 Å². The molecule has 2 atom stereocenters. The Balaban J connectivity index is 0.000000392. The fourth-order valence-corrected chi connectivity index (χ4v) is 4.51. The van der Waals surface area contributed by atoms with Crippen molar-refractivity contribution in [2.24, 2.45) is 0 Å². The van der Waals surface area contributed by atoms with Gasteiger partial charge in [0.2, 0.25) is 0 Å². The first-order valence-corrected chi connectivity index (χ1v) is 11.9. The number of carboxylic acids is 2. The maximum Gasteiger partial charge on any atom is 0.336 e. The number of aromatic nitrogens is 2. The Kier molecular flexibility index (Phi) is 8.76. The molecule has 3 heterocycles. The predicted octanol–water partition coefficient (Wildman–Crippen LogP) is 4.27. The van der Waals surface area contributed by atoms with Crippen molar-refractivity contribution >= 4 is 35.3 Å². The summed E-state index contributed by atoms with van der Waals surface area (Å²) in [6, 6.07) is 3.84. The molecule has 0 amide bonds. The number of hydrogen-bond acceptors (Lipinski definition) is 7. The van der Waals surface area contributed by atoms with Gasteiger partial charge in [-0.05, 0) is 38.0 Å². The van der Waals surface area contributed by atoms with Crippen LogP contribution < -0.4 is 10.1 Å². The van der Waals surface area contributed by atoms with Crippen molar-refractivity contribution in [3.63, 3.8) is 0 Å². The van der Waals surface area contributed by atoms with Crippen molar-refractivity contribution < 1.29 is 34.1 Å². The molecule has 0 spiro atoms. The zero-order valence-corrected chi connectivity index (χ0v) is 20.9. The number of nitrogens with one attached hydrogen (secondary N) is 2. The van der Waals surface area contributed by atoms with E-state index in [0.717, 1.165) is 53.2 Å². The topological polar surface area (TPSA) is 151 Å². The van der Waals surface area contributed by atoms with Crippen LogP contribution in [-0.4, -0.2) is 51.0 Å². The van der Waals surface area contributed by atoms with E-state index in [1.54, 1.807) is 6.20 Å². The molecule has 0 radical (unpaired) electrons. The number of aromatic amines is 1. The number of carboxylic acid groups (broad SMARTS) is 2. The van der Waals surface area contributed by atoms with Gasteiger partial charge in [0, 0.05) is 40.4 Å². The molecule has 1 aromatic carbocycles. The number of ether oxygens (including phenoxy) is 2. The number of allylic oxidation sites excluding steroid dienone is 1. The van der Waals surface area contributed by atoms with E-state index in [-0.39, 0.29) is 18.0 Å². The molecule has 2 unspecified atom stereocenters. The summed E-state index contributed by atoms with van der Waals surface area (Å²) in [4.78, 5) is 32.1. The third-order valence-electron chi connectivity index (χ3n) is 5.53. The zero-order chi connectivity index (χ0) is 26.4. The zero-order valence-electron chi connectivity index (χ0n) is 20.1. The van der Waals surface area contributed by atoms with E-state index in [2.05, 4.69) is 22.4 Å². The van der Waals surface area contributed by atoms with Crippen LogP contribution >= 0.6 is 11.6 Å². The minimum absolute atomic E-state index is 0.0721. The number of hydrogen-bond donors (Lipinski definition) is 4. The number of rotatable bonds is 7. The lowest BCUT2D eigenvalue weighted by atomic mass is 9.81. The second kappa shape index (κ2) is 11.8. The van der Waals surface area contributed by atoms with Crippen molar-refractivity contribution in [2.45, 2.75) is 52.1 Å². The van der Waals surface area contributed by atoms with Crippen LogP contribution in [0.2, 0.25) is 5.02 Å². The maximum atomic E-state index is 13.0. The molecule has 11 heteroatoms. The molecule has 0 aliphatic carbocycles. The van der Waals surface area contributed by atoms with Gasteiger partial charge >= 0.3 is 17.9 Å². The summed E-state index contributed by atoms with van der Waals surface area (Å²) in [5, 5.41) is 26.8. The van der Waals surface area contributed by atoms with Crippen LogP contribution in [0, 0.1) is 0 Å². The molecule has 0 fully saturated rings. The van der Waals surface area contributed by atoms with Crippen molar-refractivity contribution in [3.8, 4) is 5.75 Å². The van der Waals surface area contributed by atoms with Gasteiger partial charge in [0.25, 0.3) is 0 Å². The van der Waals surface area contributed by atoms with Crippen LogP contribution in [-0.2, 0) is 25.5 Å². The molecule has 36 heavy (non-hydrogen) atoms. The van der Waals surface area contributed by atoms with E-state index in [0.29, 0.717) is 29.4 Å². The molecule has 0 saturated carbocycles. The summed E-state index contributed by atoms with van der Waals surface area (Å²) < 4.78 is 11.6. The van der Waals surface area contributed by atoms with Gasteiger partial charge in [0.15, 0.2) is 0 Å². The Morgan fingerprint density at radius 1 is 1.19 bits per heavy atom.